The molecule has 7 nitrogen and oxygen atoms in total. The third kappa shape index (κ3) is 3.59. The number of carbonyl (C=O) groups excluding carboxylic acids is 2. The lowest BCUT2D eigenvalue weighted by molar-refractivity contribution is -0.152. The molecule has 0 bridgehead atoms. The SMILES string of the molecule is CN(C(=O)COC(=O)Cn1cc(N)ccc1=O)C1CC1. The van der Waals surface area contributed by atoms with Gasteiger partial charge in [0.05, 0.1) is 0 Å². The van der Waals surface area contributed by atoms with Crippen LogP contribution >= 0.6 is 0 Å². The molecule has 0 saturated heterocycles. The summed E-state index contributed by atoms with van der Waals surface area (Å²) in [5, 5.41) is 0. The van der Waals surface area contributed by atoms with E-state index in [2.05, 4.69) is 0 Å². The molecule has 2 rings (SSSR count). The fraction of sp³-hybridized carbons (Fsp3) is 0.462. The Hall–Kier alpha value is -2.31. The van der Waals surface area contributed by atoms with Crippen LogP contribution in [0.3, 0.4) is 0 Å². The van der Waals surface area contributed by atoms with Crippen LogP contribution in [0, 0.1) is 0 Å². The molecule has 1 aromatic rings. The van der Waals surface area contributed by atoms with Crippen molar-refractivity contribution in [3.05, 3.63) is 28.7 Å². The highest BCUT2D eigenvalue weighted by Crippen LogP contribution is 2.25. The number of nitrogens with zero attached hydrogens (tertiary/aromatic N) is 2. The van der Waals surface area contributed by atoms with Gasteiger partial charge in [0.25, 0.3) is 11.5 Å². The number of aromatic nitrogens is 1. The summed E-state index contributed by atoms with van der Waals surface area (Å²) in [6, 6.07) is 3.00. The second kappa shape index (κ2) is 5.77. The van der Waals surface area contributed by atoms with E-state index in [0.717, 1.165) is 17.4 Å². The van der Waals surface area contributed by atoms with E-state index in [-0.39, 0.29) is 30.7 Å². The Labute approximate surface area is 115 Å². The van der Waals surface area contributed by atoms with Crippen molar-refractivity contribution in [3.8, 4) is 0 Å². The van der Waals surface area contributed by atoms with Crippen LogP contribution in [-0.2, 0) is 20.9 Å². The minimum absolute atomic E-state index is 0.235. The van der Waals surface area contributed by atoms with Crippen LogP contribution in [-0.4, -0.2) is 41.0 Å². The van der Waals surface area contributed by atoms with Crippen molar-refractivity contribution in [3.63, 3.8) is 0 Å². The van der Waals surface area contributed by atoms with Crippen LogP contribution in [0.1, 0.15) is 12.8 Å². The molecule has 108 valence electrons. The first-order valence-electron chi connectivity index (χ1n) is 6.34. The van der Waals surface area contributed by atoms with E-state index < -0.39 is 5.97 Å². The number of esters is 1. The van der Waals surface area contributed by atoms with Gasteiger partial charge in [0.15, 0.2) is 6.61 Å². The summed E-state index contributed by atoms with van der Waals surface area (Å²) in [5.41, 5.74) is 5.56. The number of nitrogen functional groups attached to an aromatic ring is 1. The molecule has 7 heteroatoms. The second-order valence-corrected chi connectivity index (χ2v) is 4.83. The number of likely N-dealkylation sites (N-methyl/N-ethyl adjacent to an activating group) is 1. The highest BCUT2D eigenvalue weighted by Gasteiger charge is 2.29. The molecule has 0 unspecified atom stereocenters. The average Bonchev–Trinajstić information content (AvgIpc) is 3.23. The molecular weight excluding hydrogens is 262 g/mol. The van der Waals surface area contributed by atoms with Gasteiger partial charge in [0.2, 0.25) is 0 Å². The molecule has 0 aliphatic heterocycles. The van der Waals surface area contributed by atoms with Gasteiger partial charge in [0.1, 0.15) is 6.54 Å². The quantitative estimate of drug-likeness (QED) is 0.740. The molecule has 20 heavy (non-hydrogen) atoms. The Balaban J connectivity index is 1.84. The van der Waals surface area contributed by atoms with E-state index in [1.165, 1.54) is 18.3 Å². The van der Waals surface area contributed by atoms with Gasteiger partial charge in [0, 0.05) is 31.0 Å². The van der Waals surface area contributed by atoms with Crippen LogP contribution in [0.25, 0.3) is 0 Å². The van der Waals surface area contributed by atoms with Crippen molar-refractivity contribution < 1.29 is 14.3 Å². The first kappa shape index (κ1) is 14.1. The second-order valence-electron chi connectivity index (χ2n) is 4.83. The van der Waals surface area contributed by atoms with Crippen LogP contribution < -0.4 is 11.3 Å². The zero-order valence-corrected chi connectivity index (χ0v) is 11.2. The fourth-order valence-electron chi connectivity index (χ4n) is 1.77. The Kier molecular flexibility index (Phi) is 4.07. The van der Waals surface area contributed by atoms with Gasteiger partial charge < -0.3 is 19.9 Å². The van der Waals surface area contributed by atoms with Gasteiger partial charge in [-0.3, -0.25) is 14.4 Å². The molecule has 0 spiro atoms. The third-order valence-corrected chi connectivity index (χ3v) is 3.15. The maximum Gasteiger partial charge on any atom is 0.326 e. The van der Waals surface area contributed by atoms with Crippen LogP contribution in [0.4, 0.5) is 5.69 Å². The Bertz CT molecular complexity index is 577. The number of ether oxygens (including phenoxy) is 1. The van der Waals surface area contributed by atoms with E-state index >= 15 is 0 Å². The van der Waals surface area contributed by atoms with Gasteiger partial charge in [-0.25, -0.2) is 0 Å². The molecule has 0 aromatic carbocycles. The van der Waals surface area contributed by atoms with E-state index in [0.29, 0.717) is 5.69 Å². The van der Waals surface area contributed by atoms with Crippen molar-refractivity contribution in [2.75, 3.05) is 19.4 Å². The first-order chi connectivity index (χ1) is 9.47. The zero-order chi connectivity index (χ0) is 14.7. The summed E-state index contributed by atoms with van der Waals surface area (Å²) < 4.78 is 6.02. The molecular formula is C13H17N3O4. The van der Waals surface area contributed by atoms with Crippen molar-refractivity contribution in [1.82, 2.24) is 9.47 Å². The Morgan fingerprint density at radius 1 is 1.45 bits per heavy atom. The van der Waals surface area contributed by atoms with E-state index in [1.54, 1.807) is 11.9 Å². The van der Waals surface area contributed by atoms with Crippen molar-refractivity contribution in [1.29, 1.82) is 0 Å². The summed E-state index contributed by atoms with van der Waals surface area (Å²) in [5.74, 6) is -0.879. The van der Waals surface area contributed by atoms with Crippen molar-refractivity contribution in [2.45, 2.75) is 25.4 Å². The molecule has 0 radical (unpaired) electrons. The molecule has 1 aliphatic carbocycles. The van der Waals surface area contributed by atoms with Crippen molar-refractivity contribution >= 4 is 17.6 Å². The molecule has 1 aromatic heterocycles. The number of nitrogens with two attached hydrogens (primary N) is 1. The number of anilines is 1. The van der Waals surface area contributed by atoms with Crippen LogP contribution in [0.5, 0.6) is 0 Å². The summed E-state index contributed by atoms with van der Waals surface area (Å²) in [4.78, 5) is 36.3. The van der Waals surface area contributed by atoms with Gasteiger partial charge in [-0.15, -0.1) is 0 Å². The fourth-order valence-corrected chi connectivity index (χ4v) is 1.77. The number of hydrogen-bond acceptors (Lipinski definition) is 5. The summed E-state index contributed by atoms with van der Waals surface area (Å²) in [7, 11) is 1.69. The minimum atomic E-state index is -0.643. The first-order valence-corrected chi connectivity index (χ1v) is 6.34. The van der Waals surface area contributed by atoms with Crippen LogP contribution in [0.2, 0.25) is 0 Å². The predicted molar refractivity (Wildman–Crippen MR) is 71.9 cm³/mol. The van der Waals surface area contributed by atoms with E-state index in [1.807, 2.05) is 0 Å². The number of amides is 1. The number of pyridine rings is 1. The maximum atomic E-state index is 11.7. The molecule has 1 saturated carbocycles. The van der Waals surface area contributed by atoms with Gasteiger partial charge in [-0.2, -0.15) is 0 Å². The summed E-state index contributed by atoms with van der Waals surface area (Å²) in [6.45, 7) is -0.562. The Morgan fingerprint density at radius 2 is 2.15 bits per heavy atom. The van der Waals surface area contributed by atoms with Crippen LogP contribution in [0.15, 0.2) is 23.1 Å². The third-order valence-electron chi connectivity index (χ3n) is 3.15. The lowest BCUT2D eigenvalue weighted by Crippen LogP contribution is -2.34. The largest absolute Gasteiger partial charge is 0.454 e. The lowest BCUT2D eigenvalue weighted by atomic mass is 10.4. The lowest BCUT2D eigenvalue weighted by Gasteiger charge is -2.16. The average molecular weight is 279 g/mol. The molecule has 0 atom stereocenters. The highest BCUT2D eigenvalue weighted by atomic mass is 16.5. The van der Waals surface area contributed by atoms with Gasteiger partial charge in [-0.1, -0.05) is 0 Å². The molecule has 1 aliphatic rings. The summed E-state index contributed by atoms with van der Waals surface area (Å²) in [6.07, 6.45) is 3.35. The monoisotopic (exact) mass is 279 g/mol. The number of hydrogen-bond donors (Lipinski definition) is 1. The summed E-state index contributed by atoms with van der Waals surface area (Å²) >= 11 is 0. The van der Waals surface area contributed by atoms with Gasteiger partial charge >= 0.3 is 5.97 Å². The molecule has 2 N–H and O–H groups in total. The van der Waals surface area contributed by atoms with E-state index in [9.17, 15) is 14.4 Å². The molecule has 1 fully saturated rings. The standard InChI is InChI=1S/C13H17N3O4/c1-15(10-3-4-10)12(18)8-20-13(19)7-16-6-9(14)2-5-11(16)17/h2,5-6,10H,3-4,7-8,14H2,1H3. The topological polar surface area (TPSA) is 94.6 Å². The molecule has 1 heterocycles. The predicted octanol–water partition coefficient (Wildman–Crippen LogP) is -0.405. The Morgan fingerprint density at radius 3 is 2.80 bits per heavy atom. The number of rotatable bonds is 5. The van der Waals surface area contributed by atoms with E-state index in [4.69, 9.17) is 10.5 Å². The minimum Gasteiger partial charge on any atom is -0.454 e. The molecule has 1 amide bonds. The number of carbonyl (C=O) groups is 2. The zero-order valence-electron chi connectivity index (χ0n) is 11.2. The van der Waals surface area contributed by atoms with Crippen molar-refractivity contribution in [2.24, 2.45) is 0 Å². The highest BCUT2D eigenvalue weighted by molar-refractivity contribution is 5.80. The normalized spacial score (nSPS) is 13.8. The maximum absolute atomic E-state index is 11.7. The smallest absolute Gasteiger partial charge is 0.326 e. The van der Waals surface area contributed by atoms with Gasteiger partial charge in [-0.05, 0) is 18.9 Å².